The molecule has 0 aliphatic rings. The lowest BCUT2D eigenvalue weighted by atomic mass is 10.1. The Bertz CT molecular complexity index is 292. The van der Waals surface area contributed by atoms with E-state index in [4.69, 9.17) is 5.11 Å². The number of carboxylic acid groups (broad SMARTS) is 1. The molecule has 0 spiro atoms. The summed E-state index contributed by atoms with van der Waals surface area (Å²) < 4.78 is 0. The van der Waals surface area contributed by atoms with E-state index in [0.29, 0.717) is 12.8 Å². The third-order valence-corrected chi connectivity index (χ3v) is 4.03. The second-order valence-corrected chi connectivity index (χ2v) is 5.85. The fraction of sp³-hybridized carbons (Fsp3) is 0.882. The SMILES string of the molecule is CCCCCCCCCCCC(=O)N(C)C(CC)C(=O)O. The van der Waals surface area contributed by atoms with Crippen LogP contribution in [0, 0.1) is 0 Å². The average molecular weight is 299 g/mol. The minimum atomic E-state index is -0.916. The van der Waals surface area contributed by atoms with E-state index in [9.17, 15) is 9.59 Å². The first-order chi connectivity index (χ1) is 10.0. The van der Waals surface area contributed by atoms with Crippen molar-refractivity contribution in [3.63, 3.8) is 0 Å². The number of likely N-dealkylation sites (N-methyl/N-ethyl adjacent to an activating group) is 1. The zero-order valence-electron chi connectivity index (χ0n) is 14.1. The largest absolute Gasteiger partial charge is 0.480 e. The number of aliphatic carboxylic acids is 1. The first kappa shape index (κ1) is 19.9. The second-order valence-electron chi connectivity index (χ2n) is 5.85. The quantitative estimate of drug-likeness (QED) is 0.518. The van der Waals surface area contributed by atoms with Gasteiger partial charge in [0.25, 0.3) is 0 Å². The van der Waals surface area contributed by atoms with Crippen LogP contribution in [0.5, 0.6) is 0 Å². The van der Waals surface area contributed by atoms with Gasteiger partial charge in [0.15, 0.2) is 0 Å². The summed E-state index contributed by atoms with van der Waals surface area (Å²) in [6.07, 6.45) is 11.9. The van der Waals surface area contributed by atoms with Gasteiger partial charge in [0.2, 0.25) is 5.91 Å². The molecule has 0 aliphatic carbocycles. The Morgan fingerprint density at radius 3 is 1.81 bits per heavy atom. The monoisotopic (exact) mass is 299 g/mol. The maximum atomic E-state index is 11.9. The van der Waals surface area contributed by atoms with Gasteiger partial charge < -0.3 is 10.0 Å². The van der Waals surface area contributed by atoms with E-state index in [1.807, 2.05) is 0 Å². The average Bonchev–Trinajstić information content (AvgIpc) is 2.45. The maximum absolute atomic E-state index is 11.9. The first-order valence-electron chi connectivity index (χ1n) is 8.53. The summed E-state index contributed by atoms with van der Waals surface area (Å²) in [7, 11) is 1.60. The van der Waals surface area contributed by atoms with Crippen molar-refractivity contribution >= 4 is 11.9 Å². The Hall–Kier alpha value is -1.06. The number of amides is 1. The number of hydrogen-bond donors (Lipinski definition) is 1. The summed E-state index contributed by atoms with van der Waals surface area (Å²) in [6.45, 7) is 4.02. The van der Waals surface area contributed by atoms with Crippen LogP contribution in [0.2, 0.25) is 0 Å². The van der Waals surface area contributed by atoms with Crippen molar-refractivity contribution in [2.75, 3.05) is 7.05 Å². The van der Waals surface area contributed by atoms with Gasteiger partial charge in [-0.15, -0.1) is 0 Å². The van der Waals surface area contributed by atoms with Crippen LogP contribution in [0.25, 0.3) is 0 Å². The van der Waals surface area contributed by atoms with Gasteiger partial charge >= 0.3 is 5.97 Å². The first-order valence-corrected chi connectivity index (χ1v) is 8.53. The molecule has 1 unspecified atom stereocenters. The number of nitrogens with zero attached hydrogens (tertiary/aromatic N) is 1. The highest BCUT2D eigenvalue weighted by atomic mass is 16.4. The van der Waals surface area contributed by atoms with Crippen molar-refractivity contribution in [3.8, 4) is 0 Å². The normalized spacial score (nSPS) is 12.1. The Morgan fingerprint density at radius 1 is 0.905 bits per heavy atom. The maximum Gasteiger partial charge on any atom is 0.326 e. The zero-order chi connectivity index (χ0) is 16.1. The molecule has 1 N–H and O–H groups in total. The van der Waals surface area contributed by atoms with Gasteiger partial charge in [-0.3, -0.25) is 4.79 Å². The number of carbonyl (C=O) groups excluding carboxylic acids is 1. The lowest BCUT2D eigenvalue weighted by Gasteiger charge is -2.23. The fourth-order valence-corrected chi connectivity index (χ4v) is 2.55. The van der Waals surface area contributed by atoms with Crippen molar-refractivity contribution in [3.05, 3.63) is 0 Å². The number of rotatable bonds is 13. The molecule has 0 saturated heterocycles. The molecule has 0 aromatic heterocycles. The molecular formula is C17H33NO3. The Labute approximate surface area is 129 Å². The van der Waals surface area contributed by atoms with Gasteiger partial charge in [0.1, 0.15) is 6.04 Å². The third-order valence-electron chi connectivity index (χ3n) is 4.03. The molecule has 21 heavy (non-hydrogen) atoms. The molecule has 0 aromatic rings. The fourth-order valence-electron chi connectivity index (χ4n) is 2.55. The van der Waals surface area contributed by atoms with Crippen LogP contribution in [0.4, 0.5) is 0 Å². The highest BCUT2D eigenvalue weighted by Crippen LogP contribution is 2.12. The van der Waals surface area contributed by atoms with E-state index in [1.165, 1.54) is 49.8 Å². The van der Waals surface area contributed by atoms with Crippen LogP contribution >= 0.6 is 0 Å². The second kappa shape index (κ2) is 12.7. The summed E-state index contributed by atoms with van der Waals surface area (Å²) in [6, 6.07) is -0.684. The minimum Gasteiger partial charge on any atom is -0.480 e. The molecule has 0 bridgehead atoms. The molecule has 0 rings (SSSR count). The zero-order valence-corrected chi connectivity index (χ0v) is 14.1. The standard InChI is InChI=1S/C17H33NO3/c1-4-6-7-8-9-10-11-12-13-14-16(19)18(3)15(5-2)17(20)21/h15H,4-14H2,1-3H3,(H,20,21). The van der Waals surface area contributed by atoms with Crippen molar-refractivity contribution in [2.24, 2.45) is 0 Å². The van der Waals surface area contributed by atoms with Crippen LogP contribution in [0.15, 0.2) is 0 Å². The van der Waals surface area contributed by atoms with Gasteiger partial charge in [-0.2, -0.15) is 0 Å². The lowest BCUT2D eigenvalue weighted by Crippen LogP contribution is -2.41. The molecule has 124 valence electrons. The van der Waals surface area contributed by atoms with Gasteiger partial charge in [-0.05, 0) is 12.8 Å². The van der Waals surface area contributed by atoms with E-state index in [0.717, 1.165) is 12.8 Å². The summed E-state index contributed by atoms with van der Waals surface area (Å²) in [5.41, 5.74) is 0. The number of hydrogen-bond acceptors (Lipinski definition) is 2. The Kier molecular flexibility index (Phi) is 12.0. The molecule has 0 radical (unpaired) electrons. The van der Waals surface area contributed by atoms with E-state index in [1.54, 1.807) is 14.0 Å². The van der Waals surface area contributed by atoms with Crippen LogP contribution in [-0.2, 0) is 9.59 Å². The molecule has 1 atom stereocenters. The van der Waals surface area contributed by atoms with Gasteiger partial charge in [-0.25, -0.2) is 4.79 Å². The highest BCUT2D eigenvalue weighted by molar-refractivity contribution is 5.83. The number of carboxylic acids is 1. The molecule has 0 fully saturated rings. The van der Waals surface area contributed by atoms with E-state index >= 15 is 0 Å². The van der Waals surface area contributed by atoms with E-state index in [-0.39, 0.29) is 5.91 Å². The van der Waals surface area contributed by atoms with E-state index < -0.39 is 12.0 Å². The van der Waals surface area contributed by atoms with Crippen molar-refractivity contribution in [1.29, 1.82) is 0 Å². The van der Waals surface area contributed by atoms with Crippen LogP contribution in [-0.4, -0.2) is 35.0 Å². The minimum absolute atomic E-state index is 0.0489. The molecule has 4 nitrogen and oxygen atoms in total. The Balaban J connectivity index is 3.63. The number of unbranched alkanes of at least 4 members (excludes halogenated alkanes) is 8. The topological polar surface area (TPSA) is 57.6 Å². The summed E-state index contributed by atoms with van der Waals surface area (Å²) in [5.74, 6) is -0.965. The predicted octanol–water partition coefficient (Wildman–Crippen LogP) is 4.23. The molecule has 0 heterocycles. The number of carbonyl (C=O) groups is 2. The van der Waals surface area contributed by atoms with Crippen LogP contribution in [0.1, 0.15) is 84.5 Å². The smallest absolute Gasteiger partial charge is 0.326 e. The molecular weight excluding hydrogens is 266 g/mol. The molecule has 0 saturated carbocycles. The van der Waals surface area contributed by atoms with Crippen LogP contribution < -0.4 is 0 Å². The summed E-state index contributed by atoms with van der Waals surface area (Å²) in [5, 5.41) is 9.03. The summed E-state index contributed by atoms with van der Waals surface area (Å²) in [4.78, 5) is 24.3. The molecule has 0 aromatic carbocycles. The van der Waals surface area contributed by atoms with E-state index in [2.05, 4.69) is 6.92 Å². The highest BCUT2D eigenvalue weighted by Gasteiger charge is 2.23. The lowest BCUT2D eigenvalue weighted by molar-refractivity contribution is -0.149. The molecule has 1 amide bonds. The molecule has 0 aliphatic heterocycles. The van der Waals surface area contributed by atoms with Crippen molar-refractivity contribution in [1.82, 2.24) is 4.90 Å². The Morgan fingerprint density at radius 2 is 1.38 bits per heavy atom. The van der Waals surface area contributed by atoms with Gasteiger partial charge in [0.05, 0.1) is 0 Å². The summed E-state index contributed by atoms with van der Waals surface area (Å²) >= 11 is 0. The third kappa shape index (κ3) is 9.48. The van der Waals surface area contributed by atoms with Crippen molar-refractivity contribution < 1.29 is 14.7 Å². The van der Waals surface area contributed by atoms with Crippen molar-refractivity contribution in [2.45, 2.75) is 90.5 Å². The van der Waals surface area contributed by atoms with Gasteiger partial charge in [-0.1, -0.05) is 65.2 Å². The molecule has 4 heteroatoms. The predicted molar refractivity (Wildman–Crippen MR) is 86.3 cm³/mol. The van der Waals surface area contributed by atoms with Gasteiger partial charge in [0, 0.05) is 13.5 Å². The van der Waals surface area contributed by atoms with Crippen LogP contribution in [0.3, 0.4) is 0 Å².